The Hall–Kier alpha value is -0.550. The molecule has 0 spiro atoms. The van der Waals surface area contributed by atoms with Gasteiger partial charge in [0.2, 0.25) is 0 Å². The van der Waals surface area contributed by atoms with Crippen LogP contribution in [0.1, 0.15) is 58.3 Å². The topological polar surface area (TPSA) is 27.0 Å². The average molecular weight is 220 g/mol. The second-order valence-corrected chi connectivity index (χ2v) is 5.69. The maximum atomic E-state index is 9.00. The predicted octanol–water partition coefficient (Wildman–Crippen LogP) is 3.33. The molecule has 2 rings (SSSR count). The van der Waals surface area contributed by atoms with Crippen molar-refractivity contribution in [3.8, 4) is 6.07 Å². The van der Waals surface area contributed by atoms with E-state index in [9.17, 15) is 0 Å². The molecule has 2 nitrogen and oxygen atoms in total. The molecule has 0 heterocycles. The lowest BCUT2D eigenvalue weighted by molar-refractivity contribution is 0.105. The summed E-state index contributed by atoms with van der Waals surface area (Å²) in [5.41, 5.74) is 0. The van der Waals surface area contributed by atoms with E-state index in [2.05, 4.69) is 17.9 Å². The molecule has 2 unspecified atom stereocenters. The normalized spacial score (nSPS) is 31.8. The van der Waals surface area contributed by atoms with Crippen molar-refractivity contribution in [2.75, 3.05) is 6.54 Å². The quantitative estimate of drug-likeness (QED) is 0.682. The summed E-state index contributed by atoms with van der Waals surface area (Å²) >= 11 is 0. The van der Waals surface area contributed by atoms with Gasteiger partial charge in [0, 0.05) is 12.1 Å². The first kappa shape index (κ1) is 11.9. The van der Waals surface area contributed by atoms with E-state index in [4.69, 9.17) is 5.26 Å². The lowest BCUT2D eigenvalue weighted by atomic mass is 9.85. The first-order chi connectivity index (χ1) is 7.81. The van der Waals surface area contributed by atoms with Gasteiger partial charge < -0.3 is 0 Å². The Labute approximate surface area is 99.6 Å². The third-order valence-corrected chi connectivity index (χ3v) is 4.42. The minimum atomic E-state index is 0.655. The summed E-state index contributed by atoms with van der Waals surface area (Å²) in [6.07, 6.45) is 10.8. The van der Waals surface area contributed by atoms with Crippen LogP contribution in [0.15, 0.2) is 0 Å². The van der Waals surface area contributed by atoms with Crippen molar-refractivity contribution >= 4 is 0 Å². The lowest BCUT2D eigenvalue weighted by Crippen LogP contribution is -2.44. The maximum absolute atomic E-state index is 9.00. The Morgan fingerprint density at radius 3 is 2.38 bits per heavy atom. The van der Waals surface area contributed by atoms with Gasteiger partial charge in [-0.05, 0) is 31.6 Å². The summed E-state index contributed by atoms with van der Waals surface area (Å²) in [5.74, 6) is 0.862. The Morgan fingerprint density at radius 1 is 1.06 bits per heavy atom. The van der Waals surface area contributed by atoms with Crippen molar-refractivity contribution in [1.82, 2.24) is 4.90 Å². The van der Waals surface area contributed by atoms with E-state index in [-0.39, 0.29) is 0 Å². The van der Waals surface area contributed by atoms with E-state index in [0.717, 1.165) is 12.0 Å². The molecule has 0 N–H and O–H groups in total. The summed E-state index contributed by atoms with van der Waals surface area (Å²) in [7, 11) is 0. The third-order valence-electron chi connectivity index (χ3n) is 4.42. The molecule has 2 fully saturated rings. The van der Waals surface area contributed by atoms with Crippen molar-refractivity contribution < 1.29 is 0 Å². The summed E-state index contributed by atoms with van der Waals surface area (Å²) in [4.78, 5) is 2.53. The van der Waals surface area contributed by atoms with E-state index < -0.39 is 0 Å². The Morgan fingerprint density at radius 2 is 1.75 bits per heavy atom. The first-order valence-electron chi connectivity index (χ1n) is 6.94. The Balaban J connectivity index is 1.97. The largest absolute Gasteiger partial charge is 0.285 e. The predicted molar refractivity (Wildman–Crippen MR) is 66.0 cm³/mol. The van der Waals surface area contributed by atoms with Gasteiger partial charge >= 0.3 is 0 Å². The highest BCUT2D eigenvalue weighted by Gasteiger charge is 2.30. The highest BCUT2D eigenvalue weighted by Crippen LogP contribution is 2.32. The maximum Gasteiger partial charge on any atom is 0.0870 e. The van der Waals surface area contributed by atoms with Crippen molar-refractivity contribution in [3.63, 3.8) is 0 Å². The highest BCUT2D eigenvalue weighted by atomic mass is 15.2. The van der Waals surface area contributed by atoms with E-state index in [1.165, 1.54) is 51.4 Å². The summed E-state index contributed by atoms with van der Waals surface area (Å²) in [5, 5.41) is 9.00. The van der Waals surface area contributed by atoms with Gasteiger partial charge in [0.05, 0.1) is 12.6 Å². The molecule has 2 atom stereocenters. The number of nitrogens with zero attached hydrogens (tertiary/aromatic N) is 2. The van der Waals surface area contributed by atoms with Gasteiger partial charge in [0.25, 0.3) is 0 Å². The number of hydrogen-bond acceptors (Lipinski definition) is 2. The second-order valence-electron chi connectivity index (χ2n) is 5.69. The summed E-state index contributed by atoms with van der Waals surface area (Å²) < 4.78 is 0. The lowest BCUT2D eigenvalue weighted by Gasteiger charge is -2.38. The van der Waals surface area contributed by atoms with E-state index in [1.54, 1.807) is 0 Å². The molecular formula is C14H24N2. The molecule has 0 saturated heterocycles. The molecule has 2 saturated carbocycles. The van der Waals surface area contributed by atoms with Crippen molar-refractivity contribution in [1.29, 1.82) is 5.26 Å². The summed E-state index contributed by atoms with van der Waals surface area (Å²) in [6, 6.07) is 3.80. The zero-order valence-electron chi connectivity index (χ0n) is 10.5. The van der Waals surface area contributed by atoms with Crippen LogP contribution in [0.5, 0.6) is 0 Å². The van der Waals surface area contributed by atoms with E-state index >= 15 is 0 Å². The number of rotatable bonds is 3. The molecule has 0 amide bonds. The third kappa shape index (κ3) is 2.77. The van der Waals surface area contributed by atoms with Gasteiger partial charge in [-0.15, -0.1) is 0 Å². The van der Waals surface area contributed by atoms with Crippen LogP contribution in [0.3, 0.4) is 0 Å². The van der Waals surface area contributed by atoms with Crippen LogP contribution in [-0.2, 0) is 0 Å². The van der Waals surface area contributed by atoms with Crippen molar-refractivity contribution in [3.05, 3.63) is 0 Å². The fourth-order valence-electron chi connectivity index (χ4n) is 3.58. The number of nitriles is 1. The van der Waals surface area contributed by atoms with Crippen molar-refractivity contribution in [2.45, 2.75) is 70.4 Å². The molecule has 0 aromatic rings. The first-order valence-corrected chi connectivity index (χ1v) is 6.94. The monoisotopic (exact) mass is 220 g/mol. The molecule has 90 valence electrons. The van der Waals surface area contributed by atoms with Crippen LogP contribution >= 0.6 is 0 Å². The molecule has 16 heavy (non-hydrogen) atoms. The molecule has 2 aliphatic rings. The van der Waals surface area contributed by atoms with Crippen LogP contribution in [-0.4, -0.2) is 23.5 Å². The SMILES string of the molecule is CC1CCCC(N(CC#N)C2CCCC2)C1. The van der Waals surface area contributed by atoms with Crippen molar-refractivity contribution in [2.24, 2.45) is 5.92 Å². The van der Waals surface area contributed by atoms with Gasteiger partial charge in [-0.2, -0.15) is 5.26 Å². The summed E-state index contributed by atoms with van der Waals surface area (Å²) in [6.45, 7) is 3.02. The van der Waals surface area contributed by atoms with E-state index in [1.807, 2.05) is 0 Å². The van der Waals surface area contributed by atoms with Gasteiger partial charge in [-0.1, -0.05) is 32.6 Å². The van der Waals surface area contributed by atoms with Crippen LogP contribution in [0.25, 0.3) is 0 Å². The molecule has 2 aliphatic carbocycles. The van der Waals surface area contributed by atoms with Crippen LogP contribution in [0.4, 0.5) is 0 Å². The van der Waals surface area contributed by atoms with E-state index in [0.29, 0.717) is 12.6 Å². The Bertz CT molecular complexity index is 250. The van der Waals surface area contributed by atoms with Gasteiger partial charge in [-0.3, -0.25) is 4.90 Å². The fraction of sp³-hybridized carbons (Fsp3) is 0.929. The zero-order valence-corrected chi connectivity index (χ0v) is 10.5. The molecule has 0 aromatic heterocycles. The highest BCUT2D eigenvalue weighted by molar-refractivity contribution is 4.90. The molecule has 0 radical (unpaired) electrons. The zero-order chi connectivity index (χ0) is 11.4. The van der Waals surface area contributed by atoms with Gasteiger partial charge in [0.1, 0.15) is 0 Å². The Kier molecular flexibility index (Phi) is 4.23. The minimum Gasteiger partial charge on any atom is -0.285 e. The molecule has 0 aliphatic heterocycles. The molecule has 0 bridgehead atoms. The molecular weight excluding hydrogens is 196 g/mol. The molecule has 2 heteroatoms. The van der Waals surface area contributed by atoms with Crippen LogP contribution in [0.2, 0.25) is 0 Å². The van der Waals surface area contributed by atoms with Gasteiger partial charge in [-0.25, -0.2) is 0 Å². The second kappa shape index (κ2) is 5.68. The number of hydrogen-bond donors (Lipinski definition) is 0. The fourth-order valence-corrected chi connectivity index (χ4v) is 3.58. The standard InChI is InChI=1S/C14H24N2/c1-12-5-4-8-14(11-12)16(10-9-15)13-6-2-3-7-13/h12-14H,2-8,10-11H2,1H3. The van der Waals surface area contributed by atoms with Crippen LogP contribution in [0, 0.1) is 17.2 Å². The van der Waals surface area contributed by atoms with Crippen LogP contribution < -0.4 is 0 Å². The average Bonchev–Trinajstić information content (AvgIpc) is 2.79. The minimum absolute atomic E-state index is 0.655. The van der Waals surface area contributed by atoms with Gasteiger partial charge in [0.15, 0.2) is 0 Å². The molecule has 0 aromatic carbocycles. The smallest absolute Gasteiger partial charge is 0.0870 e.